The largest absolute Gasteiger partial charge is 0.438 e. The van der Waals surface area contributed by atoms with Gasteiger partial charge in [0.1, 0.15) is 11.8 Å². The van der Waals surface area contributed by atoms with Crippen LogP contribution in [0.15, 0.2) is 48.9 Å². The Kier molecular flexibility index (Phi) is 4.13. The summed E-state index contributed by atoms with van der Waals surface area (Å²) in [5.74, 6) is 0.629. The summed E-state index contributed by atoms with van der Waals surface area (Å²) in [6.07, 6.45) is 5.03. The minimum atomic E-state index is -0.333. The van der Waals surface area contributed by atoms with Crippen molar-refractivity contribution in [1.82, 2.24) is 4.98 Å². The quantitative estimate of drug-likeness (QED) is 0.633. The zero-order valence-corrected chi connectivity index (χ0v) is 12.0. The molecule has 0 atom stereocenters. The van der Waals surface area contributed by atoms with Gasteiger partial charge in [0.2, 0.25) is 12.3 Å². The van der Waals surface area contributed by atoms with Crippen molar-refractivity contribution in [2.24, 2.45) is 0 Å². The first kappa shape index (κ1) is 14.2. The first-order valence-electron chi connectivity index (χ1n) is 6.56. The van der Waals surface area contributed by atoms with E-state index < -0.39 is 0 Å². The number of nitrogens with zero attached hydrogens (tertiary/aromatic N) is 2. The Bertz CT molecular complexity index is 589. The standard InChI is InChI=1S/C16H19N2O2/c1-16(2,3)20-15-11-17-9-10-18(15)12-14(19)13-7-5-4-6-8-13/h4-11H,12H2,1-3H3/q+1. The monoisotopic (exact) mass is 271 g/mol. The molecule has 0 spiro atoms. The Hall–Kier alpha value is -2.23. The number of carbonyl (C=O) groups excluding carboxylic acids is 1. The second-order valence-electron chi connectivity index (χ2n) is 5.55. The molecule has 4 nitrogen and oxygen atoms in total. The first-order chi connectivity index (χ1) is 9.46. The van der Waals surface area contributed by atoms with E-state index in [2.05, 4.69) is 4.98 Å². The normalized spacial score (nSPS) is 11.2. The van der Waals surface area contributed by atoms with Gasteiger partial charge < -0.3 is 4.74 Å². The second kappa shape index (κ2) is 5.82. The summed E-state index contributed by atoms with van der Waals surface area (Å²) in [5.41, 5.74) is 0.360. The molecular formula is C16H19N2O2+. The highest BCUT2D eigenvalue weighted by molar-refractivity contribution is 5.94. The van der Waals surface area contributed by atoms with Gasteiger partial charge >= 0.3 is 5.88 Å². The summed E-state index contributed by atoms with van der Waals surface area (Å²) >= 11 is 0. The van der Waals surface area contributed by atoms with Crippen LogP contribution in [-0.4, -0.2) is 16.4 Å². The van der Waals surface area contributed by atoms with Gasteiger partial charge in [-0.2, -0.15) is 4.57 Å². The Morgan fingerprint density at radius 1 is 1.25 bits per heavy atom. The number of aromatic nitrogens is 2. The van der Waals surface area contributed by atoms with Crippen molar-refractivity contribution in [2.75, 3.05) is 0 Å². The lowest BCUT2D eigenvalue weighted by Crippen LogP contribution is -2.42. The van der Waals surface area contributed by atoms with Gasteiger partial charge in [0.15, 0.2) is 6.20 Å². The molecule has 0 aliphatic carbocycles. The van der Waals surface area contributed by atoms with Crippen LogP contribution in [0.2, 0.25) is 0 Å². The van der Waals surface area contributed by atoms with Crippen LogP contribution in [0, 0.1) is 0 Å². The highest BCUT2D eigenvalue weighted by Crippen LogP contribution is 2.12. The zero-order valence-electron chi connectivity index (χ0n) is 12.0. The summed E-state index contributed by atoms with van der Waals surface area (Å²) in [5, 5.41) is 0. The average molecular weight is 271 g/mol. The van der Waals surface area contributed by atoms with E-state index in [1.807, 2.05) is 51.1 Å². The van der Waals surface area contributed by atoms with Crippen LogP contribution in [0.1, 0.15) is 31.1 Å². The topological polar surface area (TPSA) is 43.1 Å². The number of Topliss-reactive ketones (excluding diaryl/α,β-unsaturated/α-hetero) is 1. The smallest absolute Gasteiger partial charge is 0.387 e. The molecule has 0 fully saturated rings. The van der Waals surface area contributed by atoms with Crippen molar-refractivity contribution in [3.63, 3.8) is 0 Å². The maximum Gasteiger partial charge on any atom is 0.387 e. The number of hydrogen-bond acceptors (Lipinski definition) is 3. The van der Waals surface area contributed by atoms with Crippen molar-refractivity contribution < 1.29 is 14.1 Å². The van der Waals surface area contributed by atoms with Crippen LogP contribution in [0.25, 0.3) is 0 Å². The molecule has 1 heterocycles. The molecule has 0 bridgehead atoms. The van der Waals surface area contributed by atoms with Gasteiger partial charge in [0.25, 0.3) is 0 Å². The van der Waals surface area contributed by atoms with E-state index in [1.165, 1.54) is 0 Å². The molecule has 1 aromatic carbocycles. The van der Waals surface area contributed by atoms with Crippen LogP contribution in [-0.2, 0) is 6.54 Å². The van der Waals surface area contributed by atoms with Crippen LogP contribution >= 0.6 is 0 Å². The van der Waals surface area contributed by atoms with Gasteiger partial charge in [-0.05, 0) is 20.8 Å². The number of carbonyl (C=O) groups is 1. The third-order valence-corrected chi connectivity index (χ3v) is 2.62. The number of hydrogen-bond donors (Lipinski definition) is 0. The van der Waals surface area contributed by atoms with Gasteiger partial charge in [-0.15, -0.1) is 0 Å². The van der Waals surface area contributed by atoms with Gasteiger partial charge in [0, 0.05) is 5.56 Å². The van der Waals surface area contributed by atoms with Gasteiger partial charge in [-0.25, -0.2) is 4.98 Å². The molecule has 0 unspecified atom stereocenters. The van der Waals surface area contributed by atoms with E-state index in [-0.39, 0.29) is 17.9 Å². The van der Waals surface area contributed by atoms with Gasteiger partial charge in [-0.3, -0.25) is 4.79 Å². The summed E-state index contributed by atoms with van der Waals surface area (Å²) in [4.78, 5) is 16.3. The summed E-state index contributed by atoms with van der Waals surface area (Å²) in [6.45, 7) is 6.12. The van der Waals surface area contributed by atoms with E-state index >= 15 is 0 Å². The lowest BCUT2D eigenvalue weighted by molar-refractivity contribution is -0.690. The zero-order chi connectivity index (χ0) is 14.6. The highest BCUT2D eigenvalue weighted by Gasteiger charge is 2.22. The molecule has 2 rings (SSSR count). The average Bonchev–Trinajstić information content (AvgIpc) is 2.40. The molecule has 0 saturated heterocycles. The minimum absolute atomic E-state index is 0.0422. The van der Waals surface area contributed by atoms with E-state index in [0.717, 1.165) is 0 Å². The fourth-order valence-corrected chi connectivity index (χ4v) is 1.77. The lowest BCUT2D eigenvalue weighted by atomic mass is 10.1. The molecular weight excluding hydrogens is 252 g/mol. The third-order valence-electron chi connectivity index (χ3n) is 2.62. The van der Waals surface area contributed by atoms with Crippen LogP contribution in [0.3, 0.4) is 0 Å². The highest BCUT2D eigenvalue weighted by atomic mass is 16.5. The molecule has 0 radical (unpaired) electrons. The van der Waals surface area contributed by atoms with Crippen LogP contribution in [0.5, 0.6) is 5.88 Å². The fraction of sp³-hybridized carbons (Fsp3) is 0.312. The van der Waals surface area contributed by atoms with E-state index in [1.54, 1.807) is 23.2 Å². The predicted octanol–water partition coefficient (Wildman–Crippen LogP) is 2.43. The summed E-state index contributed by atoms with van der Waals surface area (Å²) in [6, 6.07) is 9.24. The van der Waals surface area contributed by atoms with Crippen molar-refractivity contribution in [3.05, 3.63) is 54.5 Å². The molecule has 0 aliphatic rings. The minimum Gasteiger partial charge on any atom is -0.438 e. The SMILES string of the molecule is CC(C)(C)Oc1cncc[n+]1CC(=O)c1ccccc1. The molecule has 0 amide bonds. The van der Waals surface area contributed by atoms with E-state index in [9.17, 15) is 4.79 Å². The number of ketones is 1. The number of rotatable bonds is 4. The maximum atomic E-state index is 12.2. The third kappa shape index (κ3) is 3.88. The van der Waals surface area contributed by atoms with Crippen molar-refractivity contribution in [2.45, 2.75) is 32.9 Å². The van der Waals surface area contributed by atoms with Crippen LogP contribution in [0.4, 0.5) is 0 Å². The van der Waals surface area contributed by atoms with Crippen LogP contribution < -0.4 is 9.30 Å². The Morgan fingerprint density at radius 2 is 1.95 bits per heavy atom. The molecule has 1 aromatic heterocycles. The van der Waals surface area contributed by atoms with Gasteiger partial charge in [-0.1, -0.05) is 30.3 Å². The molecule has 4 heteroatoms. The molecule has 20 heavy (non-hydrogen) atoms. The molecule has 0 N–H and O–H groups in total. The van der Waals surface area contributed by atoms with Crippen molar-refractivity contribution >= 4 is 5.78 Å². The summed E-state index contributed by atoms with van der Waals surface area (Å²) in [7, 11) is 0. The first-order valence-corrected chi connectivity index (χ1v) is 6.56. The second-order valence-corrected chi connectivity index (χ2v) is 5.55. The number of benzene rings is 1. The lowest BCUT2D eigenvalue weighted by Gasteiger charge is -2.18. The Balaban J connectivity index is 2.20. The predicted molar refractivity (Wildman–Crippen MR) is 75.6 cm³/mol. The number of ether oxygens (including phenoxy) is 1. The van der Waals surface area contributed by atoms with Crippen molar-refractivity contribution in [3.8, 4) is 5.88 Å². The maximum absolute atomic E-state index is 12.2. The Labute approximate surface area is 119 Å². The van der Waals surface area contributed by atoms with Gasteiger partial charge in [0.05, 0.1) is 6.20 Å². The van der Waals surface area contributed by atoms with E-state index in [0.29, 0.717) is 11.4 Å². The fourth-order valence-electron chi connectivity index (χ4n) is 1.77. The molecule has 2 aromatic rings. The molecule has 0 saturated carbocycles. The molecule has 104 valence electrons. The Morgan fingerprint density at radius 3 is 2.60 bits per heavy atom. The van der Waals surface area contributed by atoms with E-state index in [4.69, 9.17) is 4.74 Å². The van der Waals surface area contributed by atoms with Crippen molar-refractivity contribution in [1.29, 1.82) is 0 Å². The summed E-state index contributed by atoms with van der Waals surface area (Å²) < 4.78 is 7.59. The molecule has 0 aliphatic heterocycles.